The van der Waals surface area contributed by atoms with Crippen molar-refractivity contribution in [3.05, 3.63) is 34.9 Å². The van der Waals surface area contributed by atoms with E-state index in [1.54, 1.807) is 0 Å². The van der Waals surface area contributed by atoms with E-state index in [9.17, 15) is 0 Å². The molecule has 0 radical (unpaired) electrons. The highest BCUT2D eigenvalue weighted by atomic mass is 35.5. The van der Waals surface area contributed by atoms with Gasteiger partial charge in [0.15, 0.2) is 5.17 Å². The Morgan fingerprint density at radius 3 is 2.47 bits per heavy atom. The van der Waals surface area contributed by atoms with Crippen LogP contribution in [0.1, 0.15) is 45.2 Å². The molecular weight excluding hydrogens is 276 g/mol. The Morgan fingerprint density at radius 2 is 1.95 bits per heavy atom. The van der Waals surface area contributed by atoms with E-state index in [1.807, 2.05) is 36.0 Å². The second-order valence-corrected chi connectivity index (χ2v) is 6.46. The number of halogens is 1. The average molecular weight is 297 g/mol. The van der Waals surface area contributed by atoms with E-state index < -0.39 is 0 Å². The molecule has 1 fully saturated rings. The predicted octanol–water partition coefficient (Wildman–Crippen LogP) is 4.65. The Bertz CT molecular complexity index is 452. The molecule has 2 rings (SSSR count). The molecule has 1 unspecified atom stereocenters. The van der Waals surface area contributed by atoms with Crippen LogP contribution in [0.5, 0.6) is 0 Å². The van der Waals surface area contributed by atoms with Crippen LogP contribution in [-0.4, -0.2) is 16.5 Å². The molecule has 0 amide bonds. The molecule has 4 heteroatoms. The lowest BCUT2D eigenvalue weighted by molar-refractivity contribution is 0.407. The van der Waals surface area contributed by atoms with E-state index >= 15 is 0 Å². The quantitative estimate of drug-likeness (QED) is 0.874. The Kier molecular flexibility index (Phi) is 4.80. The number of benzene rings is 1. The summed E-state index contributed by atoms with van der Waals surface area (Å²) in [6.45, 7) is 6.60. The van der Waals surface area contributed by atoms with Crippen LogP contribution < -0.4 is 5.32 Å². The zero-order valence-electron chi connectivity index (χ0n) is 11.7. The minimum atomic E-state index is 0.164. The molecular formula is C15H21ClN2S. The molecule has 104 valence electrons. The van der Waals surface area contributed by atoms with Gasteiger partial charge in [-0.15, -0.1) is 0 Å². The number of aliphatic imine (C=N–C) groups is 1. The van der Waals surface area contributed by atoms with Gasteiger partial charge in [0, 0.05) is 16.3 Å². The van der Waals surface area contributed by atoms with Gasteiger partial charge in [-0.25, -0.2) is 0 Å². The van der Waals surface area contributed by atoms with Gasteiger partial charge in [-0.3, -0.25) is 4.99 Å². The van der Waals surface area contributed by atoms with Gasteiger partial charge in [0.05, 0.1) is 6.04 Å². The molecule has 0 bridgehead atoms. The Morgan fingerprint density at radius 1 is 1.32 bits per heavy atom. The van der Waals surface area contributed by atoms with Crippen LogP contribution in [0.15, 0.2) is 29.3 Å². The normalized spacial score (nSPS) is 21.4. The molecule has 1 aliphatic rings. The molecule has 0 aromatic heterocycles. The van der Waals surface area contributed by atoms with Crippen molar-refractivity contribution >= 4 is 28.5 Å². The van der Waals surface area contributed by atoms with Crippen molar-refractivity contribution in [2.75, 3.05) is 5.75 Å². The fraction of sp³-hybridized carbons (Fsp3) is 0.533. The van der Waals surface area contributed by atoms with Crippen molar-refractivity contribution in [2.24, 2.45) is 4.99 Å². The number of nitrogens with zero attached hydrogens (tertiary/aromatic N) is 1. The van der Waals surface area contributed by atoms with Crippen LogP contribution in [-0.2, 0) is 0 Å². The van der Waals surface area contributed by atoms with Gasteiger partial charge in [0.1, 0.15) is 0 Å². The summed E-state index contributed by atoms with van der Waals surface area (Å²) in [6.07, 6.45) is 2.29. The Labute approximate surface area is 125 Å². The van der Waals surface area contributed by atoms with Crippen LogP contribution in [0.25, 0.3) is 0 Å². The van der Waals surface area contributed by atoms with Crippen LogP contribution >= 0.6 is 23.4 Å². The summed E-state index contributed by atoms with van der Waals surface area (Å²) >= 11 is 7.75. The summed E-state index contributed by atoms with van der Waals surface area (Å²) < 4.78 is 0. The maximum atomic E-state index is 5.91. The highest BCUT2D eigenvalue weighted by Crippen LogP contribution is 2.30. The predicted molar refractivity (Wildman–Crippen MR) is 86.2 cm³/mol. The fourth-order valence-electron chi connectivity index (χ4n) is 2.20. The van der Waals surface area contributed by atoms with Gasteiger partial charge in [0.25, 0.3) is 0 Å². The maximum absolute atomic E-state index is 5.91. The SMILES string of the molecule is CCC1(CC)CSC(=NC(C)c2ccc(Cl)cc2)N1. The first-order chi connectivity index (χ1) is 9.08. The molecule has 1 heterocycles. The van der Waals surface area contributed by atoms with Crippen molar-refractivity contribution in [1.82, 2.24) is 5.32 Å². The summed E-state index contributed by atoms with van der Waals surface area (Å²) in [5, 5.41) is 5.45. The molecule has 1 aromatic rings. The molecule has 1 aliphatic heterocycles. The van der Waals surface area contributed by atoms with E-state index in [4.69, 9.17) is 16.6 Å². The first kappa shape index (κ1) is 14.7. The minimum Gasteiger partial charge on any atom is -0.359 e. The second-order valence-electron chi connectivity index (χ2n) is 5.06. The Hall–Kier alpha value is -0.670. The van der Waals surface area contributed by atoms with Crippen molar-refractivity contribution < 1.29 is 0 Å². The van der Waals surface area contributed by atoms with Crippen molar-refractivity contribution in [1.29, 1.82) is 0 Å². The molecule has 0 saturated carbocycles. The molecule has 1 atom stereocenters. The highest BCUT2D eigenvalue weighted by Gasteiger charge is 2.33. The third-order valence-corrected chi connectivity index (χ3v) is 5.30. The van der Waals surface area contributed by atoms with Gasteiger partial charge in [-0.2, -0.15) is 0 Å². The van der Waals surface area contributed by atoms with E-state index in [-0.39, 0.29) is 11.6 Å². The van der Waals surface area contributed by atoms with Crippen molar-refractivity contribution in [3.8, 4) is 0 Å². The van der Waals surface area contributed by atoms with Gasteiger partial charge >= 0.3 is 0 Å². The monoisotopic (exact) mass is 296 g/mol. The third-order valence-electron chi connectivity index (χ3n) is 3.87. The maximum Gasteiger partial charge on any atom is 0.157 e. The van der Waals surface area contributed by atoms with E-state index in [0.29, 0.717) is 0 Å². The van der Waals surface area contributed by atoms with Crippen LogP contribution in [0.4, 0.5) is 0 Å². The molecule has 2 nitrogen and oxygen atoms in total. The van der Waals surface area contributed by atoms with E-state index in [0.717, 1.165) is 28.8 Å². The Balaban J connectivity index is 2.08. The van der Waals surface area contributed by atoms with E-state index in [2.05, 4.69) is 26.1 Å². The van der Waals surface area contributed by atoms with Gasteiger partial charge in [0.2, 0.25) is 0 Å². The van der Waals surface area contributed by atoms with Crippen molar-refractivity contribution in [2.45, 2.75) is 45.2 Å². The van der Waals surface area contributed by atoms with Gasteiger partial charge in [-0.1, -0.05) is 49.3 Å². The minimum absolute atomic E-state index is 0.164. The van der Waals surface area contributed by atoms with Crippen LogP contribution in [0.3, 0.4) is 0 Å². The van der Waals surface area contributed by atoms with Gasteiger partial charge < -0.3 is 5.32 Å². The summed E-state index contributed by atoms with van der Waals surface area (Å²) in [4.78, 5) is 4.79. The van der Waals surface area contributed by atoms with Crippen LogP contribution in [0.2, 0.25) is 5.02 Å². The van der Waals surface area contributed by atoms with Crippen molar-refractivity contribution in [3.63, 3.8) is 0 Å². The molecule has 1 saturated heterocycles. The molecule has 1 aromatic carbocycles. The number of nitrogens with one attached hydrogen (secondary N) is 1. The number of thioether (sulfide) groups is 1. The summed E-state index contributed by atoms with van der Waals surface area (Å²) in [6, 6.07) is 8.10. The summed E-state index contributed by atoms with van der Waals surface area (Å²) in [7, 11) is 0. The average Bonchev–Trinajstić information content (AvgIpc) is 2.83. The molecule has 0 aliphatic carbocycles. The zero-order chi connectivity index (χ0) is 13.9. The molecule has 1 N–H and O–H groups in total. The van der Waals surface area contributed by atoms with E-state index in [1.165, 1.54) is 5.56 Å². The lowest BCUT2D eigenvalue weighted by Crippen LogP contribution is -2.42. The first-order valence-electron chi connectivity index (χ1n) is 6.83. The number of hydrogen-bond acceptors (Lipinski definition) is 2. The second kappa shape index (κ2) is 6.19. The molecule has 19 heavy (non-hydrogen) atoms. The third kappa shape index (κ3) is 3.46. The number of rotatable bonds is 4. The zero-order valence-corrected chi connectivity index (χ0v) is 13.3. The largest absolute Gasteiger partial charge is 0.359 e. The smallest absolute Gasteiger partial charge is 0.157 e. The lowest BCUT2D eigenvalue weighted by atomic mass is 9.96. The topological polar surface area (TPSA) is 24.4 Å². The number of hydrogen-bond donors (Lipinski definition) is 1. The fourth-order valence-corrected chi connectivity index (χ4v) is 3.74. The lowest BCUT2D eigenvalue weighted by Gasteiger charge is -2.25. The summed E-state index contributed by atoms with van der Waals surface area (Å²) in [5.41, 5.74) is 1.44. The standard InChI is InChI=1S/C15H21ClN2S/c1-4-15(5-2)10-19-14(18-15)17-11(3)12-6-8-13(16)9-7-12/h6-9,11H,4-5,10H2,1-3H3,(H,17,18). The van der Waals surface area contributed by atoms with Gasteiger partial charge in [-0.05, 0) is 37.5 Å². The number of amidine groups is 1. The van der Waals surface area contributed by atoms with Crippen LogP contribution in [0, 0.1) is 0 Å². The molecule has 0 spiro atoms. The first-order valence-corrected chi connectivity index (χ1v) is 8.19. The highest BCUT2D eigenvalue weighted by molar-refractivity contribution is 8.14. The summed E-state index contributed by atoms with van der Waals surface area (Å²) in [5.74, 6) is 1.12.